The lowest BCUT2D eigenvalue weighted by Gasteiger charge is -2.15. The summed E-state index contributed by atoms with van der Waals surface area (Å²) in [7, 11) is 0. The molecule has 0 aliphatic heterocycles. The smallest absolute Gasteiger partial charge is 0.434 e. The minimum atomic E-state index is -1.18. The van der Waals surface area contributed by atoms with E-state index in [2.05, 4.69) is 9.72 Å². The van der Waals surface area contributed by atoms with Gasteiger partial charge < -0.3 is 14.0 Å². The maximum absolute atomic E-state index is 14.6. The van der Waals surface area contributed by atoms with Crippen molar-refractivity contribution >= 4 is 28.7 Å². The van der Waals surface area contributed by atoms with Crippen LogP contribution < -0.4 is 10.2 Å². The molecule has 0 radical (unpaired) electrons. The quantitative estimate of drug-likeness (QED) is 0.493. The number of hydrogen-bond donors (Lipinski definition) is 0. The lowest BCUT2D eigenvalue weighted by atomic mass is 10.2. The van der Waals surface area contributed by atoms with Crippen LogP contribution in [-0.4, -0.2) is 22.3 Å². The molecule has 3 aromatic rings. The number of halogens is 4. The van der Waals surface area contributed by atoms with Gasteiger partial charge >= 0.3 is 6.16 Å². The number of hydrogen-bond acceptors (Lipinski definition) is 5. The molecule has 2 heterocycles. The summed E-state index contributed by atoms with van der Waals surface area (Å²) in [6.07, 6.45) is 0.665. The summed E-state index contributed by atoms with van der Waals surface area (Å²) in [6, 6.07) is 2.54. The van der Waals surface area contributed by atoms with E-state index in [1.54, 1.807) is 0 Å². The monoisotopic (exact) mass is 398 g/mol. The summed E-state index contributed by atoms with van der Waals surface area (Å²) < 4.78 is 52.4. The largest absolute Gasteiger partial charge is 0.514 e. The predicted octanol–water partition coefficient (Wildman–Crippen LogP) is 3.99. The van der Waals surface area contributed by atoms with Gasteiger partial charge in [-0.2, -0.15) is 0 Å². The molecule has 140 valence electrons. The first-order chi connectivity index (χ1) is 12.8. The minimum absolute atomic E-state index is 0.0149. The van der Waals surface area contributed by atoms with Crippen LogP contribution in [0.15, 0.2) is 35.4 Å². The molecule has 0 N–H and O–H groups in total. The lowest BCUT2D eigenvalue weighted by molar-refractivity contribution is 0.104. The average molecular weight is 399 g/mol. The Balaban J connectivity index is 2.35. The van der Waals surface area contributed by atoms with Crippen molar-refractivity contribution in [1.82, 2.24) is 9.55 Å². The standard InChI is InChI=1S/C17H10ClF3N2O4/c1-2-26-17(25)27-12-7-23(11-4-3-8(19)5-10(11)20)14-9(15(12)24)6-22-16(18)13(14)21/h3-7H,2H2,1H3. The molecule has 3 rings (SSSR count). The molecule has 0 unspecified atom stereocenters. The Kier molecular flexibility index (Phi) is 5.04. The van der Waals surface area contributed by atoms with Crippen LogP contribution in [0.5, 0.6) is 5.75 Å². The van der Waals surface area contributed by atoms with Crippen LogP contribution in [-0.2, 0) is 4.74 Å². The van der Waals surface area contributed by atoms with Crippen LogP contribution >= 0.6 is 11.6 Å². The Morgan fingerprint density at radius 1 is 1.30 bits per heavy atom. The van der Waals surface area contributed by atoms with Crippen molar-refractivity contribution in [3.8, 4) is 11.4 Å². The fourth-order valence-electron chi connectivity index (χ4n) is 2.41. The van der Waals surface area contributed by atoms with Gasteiger partial charge in [-0.1, -0.05) is 11.6 Å². The van der Waals surface area contributed by atoms with E-state index in [1.165, 1.54) is 6.92 Å². The van der Waals surface area contributed by atoms with Crippen molar-refractivity contribution in [1.29, 1.82) is 0 Å². The summed E-state index contributed by atoms with van der Waals surface area (Å²) >= 11 is 5.67. The highest BCUT2D eigenvalue weighted by Gasteiger charge is 2.21. The van der Waals surface area contributed by atoms with Crippen LogP contribution in [0.3, 0.4) is 0 Å². The maximum atomic E-state index is 14.6. The molecule has 0 aliphatic rings. The van der Waals surface area contributed by atoms with E-state index in [9.17, 15) is 22.8 Å². The van der Waals surface area contributed by atoms with Crippen molar-refractivity contribution in [3.63, 3.8) is 0 Å². The first-order valence-corrected chi connectivity index (χ1v) is 7.90. The molecule has 0 saturated carbocycles. The topological polar surface area (TPSA) is 70.4 Å². The zero-order chi connectivity index (χ0) is 19.7. The Bertz CT molecular complexity index is 1120. The van der Waals surface area contributed by atoms with E-state index in [1.807, 2.05) is 0 Å². The van der Waals surface area contributed by atoms with Gasteiger partial charge in [-0.3, -0.25) is 4.79 Å². The highest BCUT2D eigenvalue weighted by atomic mass is 35.5. The SMILES string of the molecule is CCOC(=O)Oc1cn(-c2ccc(F)cc2F)c2c(F)c(Cl)ncc2c1=O. The van der Waals surface area contributed by atoms with Gasteiger partial charge in [0, 0.05) is 12.3 Å². The van der Waals surface area contributed by atoms with Crippen LogP contribution in [0.1, 0.15) is 6.92 Å². The van der Waals surface area contributed by atoms with E-state index < -0.39 is 45.5 Å². The van der Waals surface area contributed by atoms with Gasteiger partial charge in [-0.25, -0.2) is 22.9 Å². The first-order valence-electron chi connectivity index (χ1n) is 7.52. The van der Waals surface area contributed by atoms with Gasteiger partial charge in [-0.15, -0.1) is 0 Å². The van der Waals surface area contributed by atoms with Crippen molar-refractivity contribution in [2.75, 3.05) is 6.61 Å². The molecule has 2 aromatic heterocycles. The highest BCUT2D eigenvalue weighted by Crippen LogP contribution is 2.27. The van der Waals surface area contributed by atoms with Gasteiger partial charge in [0.2, 0.25) is 5.43 Å². The molecule has 27 heavy (non-hydrogen) atoms. The molecular weight excluding hydrogens is 389 g/mol. The van der Waals surface area contributed by atoms with Crippen molar-refractivity contribution < 1.29 is 27.4 Å². The Hall–Kier alpha value is -3.07. The predicted molar refractivity (Wildman–Crippen MR) is 89.9 cm³/mol. The van der Waals surface area contributed by atoms with Crippen LogP contribution in [0, 0.1) is 17.5 Å². The fraction of sp³-hybridized carbons (Fsp3) is 0.118. The highest BCUT2D eigenvalue weighted by molar-refractivity contribution is 6.30. The summed E-state index contributed by atoms with van der Waals surface area (Å²) in [5.74, 6) is -3.56. The number of carbonyl (C=O) groups is 1. The molecule has 0 atom stereocenters. The third-order valence-corrected chi connectivity index (χ3v) is 3.80. The Labute approximate surface area is 154 Å². The zero-order valence-corrected chi connectivity index (χ0v) is 14.4. The van der Waals surface area contributed by atoms with E-state index in [-0.39, 0.29) is 17.7 Å². The normalized spacial score (nSPS) is 10.9. The Morgan fingerprint density at radius 3 is 2.70 bits per heavy atom. The number of fused-ring (bicyclic) bond motifs is 1. The third kappa shape index (κ3) is 3.45. The van der Waals surface area contributed by atoms with E-state index in [0.717, 1.165) is 29.1 Å². The number of carbonyl (C=O) groups excluding carboxylic acids is 1. The second kappa shape index (κ2) is 7.28. The second-order valence-corrected chi connectivity index (χ2v) is 5.56. The number of aromatic nitrogens is 2. The molecule has 1 aromatic carbocycles. The first kappa shape index (κ1) is 18.7. The summed E-state index contributed by atoms with van der Waals surface area (Å²) in [4.78, 5) is 27.6. The van der Waals surface area contributed by atoms with Crippen molar-refractivity contribution in [2.24, 2.45) is 0 Å². The maximum Gasteiger partial charge on any atom is 0.514 e. The molecular formula is C17H10ClF3N2O4. The van der Waals surface area contributed by atoms with E-state index in [4.69, 9.17) is 16.3 Å². The summed E-state index contributed by atoms with van der Waals surface area (Å²) in [5.41, 5.74) is -1.61. The molecule has 6 nitrogen and oxygen atoms in total. The van der Waals surface area contributed by atoms with E-state index in [0.29, 0.717) is 6.07 Å². The van der Waals surface area contributed by atoms with Gasteiger partial charge in [-0.05, 0) is 19.1 Å². The number of rotatable bonds is 3. The van der Waals surface area contributed by atoms with Gasteiger partial charge in [0.05, 0.1) is 29.4 Å². The third-order valence-electron chi connectivity index (χ3n) is 3.53. The van der Waals surface area contributed by atoms with Gasteiger partial charge in [0.15, 0.2) is 16.7 Å². The number of nitrogens with zero attached hydrogens (tertiary/aromatic N) is 2. The molecule has 0 fully saturated rings. The van der Waals surface area contributed by atoms with Gasteiger partial charge in [0.1, 0.15) is 11.6 Å². The number of pyridine rings is 2. The van der Waals surface area contributed by atoms with Crippen LogP contribution in [0.25, 0.3) is 16.6 Å². The van der Waals surface area contributed by atoms with E-state index >= 15 is 0 Å². The number of ether oxygens (including phenoxy) is 2. The number of benzene rings is 1. The summed E-state index contributed by atoms with van der Waals surface area (Å²) in [5, 5.41) is -0.889. The average Bonchev–Trinajstić information content (AvgIpc) is 2.61. The molecule has 0 spiro atoms. The molecule has 10 heteroatoms. The zero-order valence-electron chi connectivity index (χ0n) is 13.6. The van der Waals surface area contributed by atoms with Gasteiger partial charge in [0.25, 0.3) is 0 Å². The van der Waals surface area contributed by atoms with Crippen molar-refractivity contribution in [2.45, 2.75) is 6.92 Å². The van der Waals surface area contributed by atoms with Crippen LogP contribution in [0.4, 0.5) is 18.0 Å². The lowest BCUT2D eigenvalue weighted by Crippen LogP contribution is -2.19. The molecule has 0 saturated heterocycles. The summed E-state index contributed by atoms with van der Waals surface area (Å²) in [6.45, 7) is 1.51. The molecule has 0 bridgehead atoms. The van der Waals surface area contributed by atoms with Crippen LogP contribution in [0.2, 0.25) is 5.15 Å². The Morgan fingerprint density at radius 2 is 2.04 bits per heavy atom. The molecule has 0 aliphatic carbocycles. The minimum Gasteiger partial charge on any atom is -0.434 e. The molecule has 0 amide bonds. The fourth-order valence-corrected chi connectivity index (χ4v) is 2.54. The second-order valence-electron chi connectivity index (χ2n) is 5.20. The van der Waals surface area contributed by atoms with Crippen molar-refractivity contribution in [3.05, 3.63) is 63.4 Å².